The maximum Gasteiger partial charge on any atom is 0.189 e. The van der Waals surface area contributed by atoms with E-state index in [4.69, 9.17) is 11.6 Å². The van der Waals surface area contributed by atoms with Crippen molar-refractivity contribution in [3.8, 4) is 0 Å². The van der Waals surface area contributed by atoms with Gasteiger partial charge in [0, 0.05) is 27.7 Å². The van der Waals surface area contributed by atoms with E-state index in [-0.39, 0.29) is 5.43 Å². The van der Waals surface area contributed by atoms with Crippen LogP contribution in [0.15, 0.2) is 59.4 Å². The molecule has 0 aliphatic carbocycles. The molecule has 98 valence electrons. The molecule has 0 saturated carbocycles. The quantitative estimate of drug-likeness (QED) is 0.744. The van der Waals surface area contributed by atoms with Crippen molar-refractivity contribution in [3.63, 3.8) is 0 Å². The van der Waals surface area contributed by atoms with Crippen molar-refractivity contribution < 1.29 is 0 Å². The third kappa shape index (κ3) is 2.65. The van der Waals surface area contributed by atoms with Crippen LogP contribution >= 0.6 is 11.6 Å². The molecule has 0 aliphatic heterocycles. The minimum atomic E-state index is 0.0186. The number of pyridine rings is 1. The van der Waals surface area contributed by atoms with E-state index >= 15 is 0 Å². The standard InChI is InChI=1S/C17H12ClNO/c18-13-5-3-4-12(10-13)8-9-14-11-17(20)15-6-1-2-7-16(15)19-14/h1-11H,(H,19,20)/b9-8+. The molecule has 1 aromatic heterocycles. The van der Waals surface area contributed by atoms with Crippen LogP contribution in [0.2, 0.25) is 5.02 Å². The molecule has 2 nitrogen and oxygen atoms in total. The molecule has 0 saturated heterocycles. The van der Waals surface area contributed by atoms with Gasteiger partial charge < -0.3 is 4.98 Å². The molecule has 1 heterocycles. The summed E-state index contributed by atoms with van der Waals surface area (Å²) in [7, 11) is 0. The van der Waals surface area contributed by atoms with Crippen LogP contribution in [0.1, 0.15) is 11.3 Å². The van der Waals surface area contributed by atoms with Crippen molar-refractivity contribution in [2.24, 2.45) is 0 Å². The van der Waals surface area contributed by atoms with Crippen LogP contribution in [0.25, 0.3) is 23.1 Å². The first-order valence-electron chi connectivity index (χ1n) is 6.28. The van der Waals surface area contributed by atoms with Gasteiger partial charge in [-0.1, -0.05) is 41.9 Å². The Morgan fingerprint density at radius 2 is 1.80 bits per heavy atom. The third-order valence-corrected chi connectivity index (χ3v) is 3.30. The number of hydrogen-bond acceptors (Lipinski definition) is 1. The van der Waals surface area contributed by atoms with E-state index in [0.717, 1.165) is 16.8 Å². The molecule has 0 spiro atoms. The van der Waals surface area contributed by atoms with Crippen LogP contribution in [0.5, 0.6) is 0 Å². The summed E-state index contributed by atoms with van der Waals surface area (Å²) in [6.45, 7) is 0. The second kappa shape index (κ2) is 5.35. The van der Waals surface area contributed by atoms with Crippen molar-refractivity contribution in [2.45, 2.75) is 0 Å². The number of halogens is 1. The smallest absolute Gasteiger partial charge is 0.189 e. The average molecular weight is 282 g/mol. The zero-order chi connectivity index (χ0) is 13.9. The highest BCUT2D eigenvalue weighted by Crippen LogP contribution is 2.14. The van der Waals surface area contributed by atoms with Crippen molar-refractivity contribution in [1.29, 1.82) is 0 Å². The van der Waals surface area contributed by atoms with Gasteiger partial charge in [-0.2, -0.15) is 0 Å². The number of H-pyrrole nitrogens is 1. The molecular weight excluding hydrogens is 270 g/mol. The van der Waals surface area contributed by atoms with Crippen LogP contribution in [-0.4, -0.2) is 4.98 Å². The number of hydrogen-bond donors (Lipinski definition) is 1. The highest BCUT2D eigenvalue weighted by Gasteiger charge is 1.99. The molecule has 0 radical (unpaired) electrons. The fourth-order valence-electron chi connectivity index (χ4n) is 2.10. The Labute approximate surface area is 121 Å². The normalized spacial score (nSPS) is 11.2. The largest absolute Gasteiger partial charge is 0.355 e. The van der Waals surface area contributed by atoms with E-state index < -0.39 is 0 Å². The summed E-state index contributed by atoms with van der Waals surface area (Å²) < 4.78 is 0. The summed E-state index contributed by atoms with van der Waals surface area (Å²) in [4.78, 5) is 15.2. The van der Waals surface area contributed by atoms with Gasteiger partial charge in [-0.3, -0.25) is 4.79 Å². The van der Waals surface area contributed by atoms with Crippen molar-refractivity contribution >= 4 is 34.7 Å². The molecule has 1 N–H and O–H groups in total. The number of fused-ring (bicyclic) bond motifs is 1. The van der Waals surface area contributed by atoms with Crippen LogP contribution in [-0.2, 0) is 0 Å². The third-order valence-electron chi connectivity index (χ3n) is 3.06. The van der Waals surface area contributed by atoms with Crippen LogP contribution in [0.4, 0.5) is 0 Å². The fraction of sp³-hybridized carbons (Fsp3) is 0. The zero-order valence-electron chi connectivity index (χ0n) is 10.6. The molecular formula is C17H12ClNO. The summed E-state index contributed by atoms with van der Waals surface area (Å²) in [6.07, 6.45) is 3.80. The van der Waals surface area contributed by atoms with Crippen LogP contribution < -0.4 is 5.43 Å². The van der Waals surface area contributed by atoms with E-state index in [2.05, 4.69) is 4.98 Å². The molecule has 3 heteroatoms. The summed E-state index contributed by atoms with van der Waals surface area (Å²) >= 11 is 5.94. The first kappa shape index (κ1) is 12.7. The molecule has 0 bridgehead atoms. The van der Waals surface area contributed by atoms with Gasteiger partial charge in [-0.05, 0) is 35.9 Å². The molecule has 3 rings (SSSR count). The van der Waals surface area contributed by atoms with E-state index in [0.29, 0.717) is 10.4 Å². The highest BCUT2D eigenvalue weighted by molar-refractivity contribution is 6.30. The Morgan fingerprint density at radius 1 is 0.950 bits per heavy atom. The predicted molar refractivity (Wildman–Crippen MR) is 84.9 cm³/mol. The lowest BCUT2D eigenvalue weighted by Crippen LogP contribution is -2.02. The Kier molecular flexibility index (Phi) is 3.40. The van der Waals surface area contributed by atoms with Crippen molar-refractivity contribution in [1.82, 2.24) is 4.98 Å². The SMILES string of the molecule is O=c1cc(/C=C/c2cccc(Cl)c2)[nH]c2ccccc12. The number of benzene rings is 2. The van der Waals surface area contributed by atoms with Gasteiger partial charge in [0.15, 0.2) is 5.43 Å². The Balaban J connectivity index is 2.01. The van der Waals surface area contributed by atoms with E-state index in [1.807, 2.05) is 60.7 Å². The molecule has 0 atom stereocenters. The molecule has 3 aromatic rings. The lowest BCUT2D eigenvalue weighted by molar-refractivity contribution is 1.35. The summed E-state index contributed by atoms with van der Waals surface area (Å²) in [5.41, 5.74) is 2.62. The molecule has 20 heavy (non-hydrogen) atoms. The maximum absolute atomic E-state index is 12.0. The number of nitrogens with one attached hydrogen (secondary N) is 1. The van der Waals surface area contributed by atoms with Gasteiger partial charge in [0.05, 0.1) is 0 Å². The fourth-order valence-corrected chi connectivity index (χ4v) is 2.30. The molecule has 0 unspecified atom stereocenters. The number of para-hydroxylation sites is 1. The first-order valence-corrected chi connectivity index (χ1v) is 6.66. The Bertz CT molecular complexity index is 849. The summed E-state index contributed by atoms with van der Waals surface area (Å²) in [5.74, 6) is 0. The van der Waals surface area contributed by atoms with Gasteiger partial charge in [0.1, 0.15) is 0 Å². The number of aromatic nitrogens is 1. The van der Waals surface area contributed by atoms with Gasteiger partial charge in [0.25, 0.3) is 0 Å². The number of rotatable bonds is 2. The topological polar surface area (TPSA) is 32.9 Å². The number of aromatic amines is 1. The summed E-state index contributed by atoms with van der Waals surface area (Å²) in [5, 5.41) is 1.39. The summed E-state index contributed by atoms with van der Waals surface area (Å²) in [6, 6.07) is 16.6. The second-order valence-corrected chi connectivity index (χ2v) is 4.96. The van der Waals surface area contributed by atoms with Gasteiger partial charge >= 0.3 is 0 Å². The van der Waals surface area contributed by atoms with E-state index in [9.17, 15) is 4.79 Å². The highest BCUT2D eigenvalue weighted by atomic mass is 35.5. The van der Waals surface area contributed by atoms with Gasteiger partial charge in [-0.15, -0.1) is 0 Å². The van der Waals surface area contributed by atoms with Crippen molar-refractivity contribution in [3.05, 3.63) is 81.1 Å². The van der Waals surface area contributed by atoms with Gasteiger partial charge in [0.2, 0.25) is 0 Å². The Morgan fingerprint density at radius 3 is 2.65 bits per heavy atom. The van der Waals surface area contributed by atoms with Crippen molar-refractivity contribution in [2.75, 3.05) is 0 Å². The van der Waals surface area contributed by atoms with E-state index in [1.54, 1.807) is 6.07 Å². The zero-order valence-corrected chi connectivity index (χ0v) is 11.4. The van der Waals surface area contributed by atoms with Gasteiger partial charge in [-0.25, -0.2) is 0 Å². The second-order valence-electron chi connectivity index (χ2n) is 4.52. The average Bonchev–Trinajstić information content (AvgIpc) is 2.45. The first-order chi connectivity index (χ1) is 9.72. The van der Waals surface area contributed by atoms with E-state index in [1.165, 1.54) is 0 Å². The predicted octanol–water partition coefficient (Wildman–Crippen LogP) is 4.35. The lowest BCUT2D eigenvalue weighted by atomic mass is 10.1. The molecule has 0 aliphatic rings. The molecule has 0 amide bonds. The minimum Gasteiger partial charge on any atom is -0.355 e. The molecule has 2 aromatic carbocycles. The lowest BCUT2D eigenvalue weighted by Gasteiger charge is -2.00. The Hall–Kier alpha value is -2.32. The maximum atomic E-state index is 12.0. The molecule has 0 fully saturated rings. The van der Waals surface area contributed by atoms with Crippen LogP contribution in [0, 0.1) is 0 Å². The van der Waals surface area contributed by atoms with Crippen LogP contribution in [0.3, 0.4) is 0 Å². The minimum absolute atomic E-state index is 0.0186. The monoisotopic (exact) mass is 281 g/mol.